The normalized spacial score (nSPS) is 8.39. The highest BCUT2D eigenvalue weighted by atomic mass is 16.6. The SMILES string of the molecule is N#CO.O=[N+]([O-])c1cccc([N+](=O)[O-])c1[N+](=O)[O-]. The van der Waals surface area contributed by atoms with E-state index in [1.807, 2.05) is 0 Å². The van der Waals surface area contributed by atoms with Crippen LogP contribution < -0.4 is 0 Å². The Bertz CT molecular complexity index is 503. The lowest BCUT2D eigenvalue weighted by Crippen LogP contribution is -2.00. The Morgan fingerprint density at radius 2 is 1.33 bits per heavy atom. The van der Waals surface area contributed by atoms with Crippen molar-refractivity contribution >= 4 is 17.1 Å². The predicted octanol–water partition coefficient (Wildman–Crippen LogP) is 1.25. The Hall–Kier alpha value is -3.29. The first-order chi connectivity index (χ1) is 8.36. The van der Waals surface area contributed by atoms with E-state index in [2.05, 4.69) is 0 Å². The number of aliphatic hydroxyl groups excluding tert-OH is 1. The highest BCUT2D eigenvalue weighted by Gasteiger charge is 2.34. The second-order valence-electron chi connectivity index (χ2n) is 2.52. The second kappa shape index (κ2) is 6.33. The molecule has 0 bridgehead atoms. The lowest BCUT2D eigenvalue weighted by atomic mass is 10.2. The van der Waals surface area contributed by atoms with E-state index >= 15 is 0 Å². The average Bonchev–Trinajstić information content (AvgIpc) is 2.28. The largest absolute Gasteiger partial charge is 0.443 e. The van der Waals surface area contributed by atoms with E-state index in [-0.39, 0.29) is 0 Å². The van der Waals surface area contributed by atoms with Gasteiger partial charge in [-0.05, 0) is 6.07 Å². The summed E-state index contributed by atoms with van der Waals surface area (Å²) >= 11 is 0. The van der Waals surface area contributed by atoms with E-state index in [0.29, 0.717) is 0 Å². The number of nitro benzene ring substituents is 3. The molecule has 11 heteroatoms. The van der Waals surface area contributed by atoms with Gasteiger partial charge in [0.15, 0.2) is 0 Å². The number of nitriles is 1. The summed E-state index contributed by atoms with van der Waals surface area (Å²) in [6, 6.07) is 2.69. The summed E-state index contributed by atoms with van der Waals surface area (Å²) in [7, 11) is 0. The van der Waals surface area contributed by atoms with E-state index in [1.54, 1.807) is 0 Å². The van der Waals surface area contributed by atoms with Gasteiger partial charge in [-0.2, -0.15) is 5.26 Å². The van der Waals surface area contributed by atoms with Gasteiger partial charge in [-0.15, -0.1) is 0 Å². The summed E-state index contributed by atoms with van der Waals surface area (Å²) in [6.07, 6.45) is 0.750. The van der Waals surface area contributed by atoms with Crippen LogP contribution in [0.2, 0.25) is 0 Å². The predicted molar refractivity (Wildman–Crippen MR) is 54.0 cm³/mol. The van der Waals surface area contributed by atoms with Gasteiger partial charge in [0.05, 0.1) is 14.8 Å². The minimum Gasteiger partial charge on any atom is -0.443 e. The molecule has 0 radical (unpaired) electrons. The summed E-state index contributed by atoms with van der Waals surface area (Å²) in [5.41, 5.74) is -2.89. The molecule has 11 nitrogen and oxygen atoms in total. The van der Waals surface area contributed by atoms with Crippen LogP contribution in [0.3, 0.4) is 0 Å². The summed E-state index contributed by atoms with van der Waals surface area (Å²) in [4.78, 5) is 28.0. The van der Waals surface area contributed by atoms with Gasteiger partial charge in [0.25, 0.3) is 6.26 Å². The lowest BCUT2D eigenvalue weighted by molar-refractivity contribution is -0.441. The Labute approximate surface area is 97.9 Å². The van der Waals surface area contributed by atoms with E-state index in [1.165, 1.54) is 0 Å². The van der Waals surface area contributed by atoms with Crippen molar-refractivity contribution in [2.45, 2.75) is 0 Å². The first kappa shape index (κ1) is 14.7. The molecule has 0 aromatic heterocycles. The molecule has 18 heavy (non-hydrogen) atoms. The summed E-state index contributed by atoms with van der Waals surface area (Å²) in [6.45, 7) is 0. The molecule has 1 rings (SSSR count). The molecule has 0 saturated heterocycles. The number of nitrogens with zero attached hydrogens (tertiary/aromatic N) is 4. The topological polar surface area (TPSA) is 173 Å². The zero-order valence-electron chi connectivity index (χ0n) is 8.42. The zero-order valence-corrected chi connectivity index (χ0v) is 8.42. The summed E-state index contributed by atoms with van der Waals surface area (Å²) < 4.78 is 0. The highest BCUT2D eigenvalue weighted by Crippen LogP contribution is 2.35. The maximum atomic E-state index is 10.4. The van der Waals surface area contributed by atoms with Gasteiger partial charge in [0.1, 0.15) is 0 Å². The Kier molecular flexibility index (Phi) is 5.17. The van der Waals surface area contributed by atoms with Crippen LogP contribution in [0.15, 0.2) is 18.2 Å². The van der Waals surface area contributed by atoms with Gasteiger partial charge in [-0.3, -0.25) is 30.3 Å². The van der Waals surface area contributed by atoms with Crippen molar-refractivity contribution in [3.05, 3.63) is 48.5 Å². The van der Waals surface area contributed by atoms with Crippen LogP contribution in [0.25, 0.3) is 0 Å². The number of hydrogen-bond acceptors (Lipinski definition) is 8. The maximum absolute atomic E-state index is 10.4. The van der Waals surface area contributed by atoms with Crippen LogP contribution in [0.5, 0.6) is 0 Å². The van der Waals surface area contributed by atoms with E-state index in [9.17, 15) is 30.3 Å². The zero-order chi connectivity index (χ0) is 14.3. The molecule has 0 aliphatic carbocycles. The molecule has 0 heterocycles. The fourth-order valence-electron chi connectivity index (χ4n) is 1.00. The summed E-state index contributed by atoms with van der Waals surface area (Å²) in [5.74, 6) is 0. The number of benzene rings is 1. The molecular weight excluding hydrogens is 252 g/mol. The van der Waals surface area contributed by atoms with Crippen molar-refractivity contribution in [1.29, 1.82) is 5.26 Å². The van der Waals surface area contributed by atoms with Crippen LogP contribution in [0.1, 0.15) is 0 Å². The van der Waals surface area contributed by atoms with Crippen molar-refractivity contribution in [3.63, 3.8) is 0 Å². The molecule has 1 N–H and O–H groups in total. The molecule has 1 aromatic rings. The van der Waals surface area contributed by atoms with Crippen molar-refractivity contribution in [1.82, 2.24) is 0 Å². The molecule has 0 fully saturated rings. The average molecular weight is 256 g/mol. The number of aliphatic hydroxyl groups is 1. The smallest absolute Gasteiger partial charge is 0.422 e. The third kappa shape index (κ3) is 3.38. The molecular formula is C7H4N4O7. The van der Waals surface area contributed by atoms with Gasteiger partial charge < -0.3 is 5.11 Å². The lowest BCUT2D eigenvalue weighted by Gasteiger charge is -1.95. The van der Waals surface area contributed by atoms with Crippen molar-refractivity contribution in [2.75, 3.05) is 0 Å². The van der Waals surface area contributed by atoms with Gasteiger partial charge in [-0.25, -0.2) is 0 Å². The number of para-hydroxylation sites is 1. The van der Waals surface area contributed by atoms with Crippen molar-refractivity contribution < 1.29 is 19.9 Å². The minimum atomic E-state index is -1.14. The maximum Gasteiger partial charge on any atom is 0.422 e. The van der Waals surface area contributed by atoms with Crippen LogP contribution in [0.4, 0.5) is 17.1 Å². The van der Waals surface area contributed by atoms with Crippen LogP contribution in [-0.4, -0.2) is 19.9 Å². The van der Waals surface area contributed by atoms with Gasteiger partial charge in [-0.1, -0.05) is 0 Å². The van der Waals surface area contributed by atoms with Crippen molar-refractivity contribution in [2.24, 2.45) is 0 Å². The molecule has 0 atom stereocenters. The quantitative estimate of drug-likeness (QED) is 0.477. The molecule has 0 spiro atoms. The molecule has 0 aliphatic heterocycles. The monoisotopic (exact) mass is 256 g/mol. The van der Waals surface area contributed by atoms with E-state index in [0.717, 1.165) is 24.5 Å². The third-order valence-electron chi connectivity index (χ3n) is 1.57. The third-order valence-corrected chi connectivity index (χ3v) is 1.57. The number of hydrogen-bond donors (Lipinski definition) is 1. The summed E-state index contributed by atoms with van der Waals surface area (Å²) in [5, 5.41) is 45.0. The van der Waals surface area contributed by atoms with Crippen LogP contribution >= 0.6 is 0 Å². The molecule has 0 unspecified atom stereocenters. The molecule has 94 valence electrons. The molecule has 0 saturated carbocycles. The second-order valence-corrected chi connectivity index (χ2v) is 2.52. The number of rotatable bonds is 3. The van der Waals surface area contributed by atoms with Gasteiger partial charge in [0, 0.05) is 12.1 Å². The Morgan fingerprint density at radius 3 is 1.56 bits per heavy atom. The molecule has 0 amide bonds. The minimum absolute atomic E-state index is 0.750. The van der Waals surface area contributed by atoms with Gasteiger partial charge in [0.2, 0.25) is 0 Å². The highest BCUT2D eigenvalue weighted by molar-refractivity contribution is 5.65. The Morgan fingerprint density at radius 1 is 1.00 bits per heavy atom. The molecule has 0 aliphatic rings. The molecule has 1 aromatic carbocycles. The van der Waals surface area contributed by atoms with Crippen molar-refractivity contribution in [3.8, 4) is 6.26 Å². The van der Waals surface area contributed by atoms with Crippen LogP contribution in [-0.2, 0) is 0 Å². The first-order valence-electron chi connectivity index (χ1n) is 3.96. The fraction of sp³-hybridized carbons (Fsp3) is 0. The van der Waals surface area contributed by atoms with Gasteiger partial charge >= 0.3 is 17.1 Å². The van der Waals surface area contributed by atoms with E-state index in [4.69, 9.17) is 10.4 Å². The fourth-order valence-corrected chi connectivity index (χ4v) is 1.00. The van der Waals surface area contributed by atoms with E-state index < -0.39 is 31.8 Å². The van der Waals surface area contributed by atoms with Crippen LogP contribution in [0, 0.1) is 41.9 Å². The first-order valence-corrected chi connectivity index (χ1v) is 3.96. The number of nitro groups is 3. The Balaban J connectivity index is 0.000000873. The standard InChI is InChI=1S/C6H3N3O6.CHNO/c10-7(11)4-2-1-3-5(8(12)13)6(4)9(14)15;2-1-3/h1-3H;3H.